The Bertz CT molecular complexity index is 1280. The standard InChI is InChI=1S/C29H30FN3OS/c1-32(29(34)24-13-17-35-20-24)28(18-22-6-2-3-9-26(22)30)21-11-15-33(16-12-21)19-23-7-4-10-27-25(23)8-5-14-31-27/h2-10,13-14,17,20-21,28H,11-12,15-16,18-19H2,1H3/t28-/m1/s1. The zero-order valence-electron chi connectivity index (χ0n) is 19.9. The fourth-order valence-electron chi connectivity index (χ4n) is 5.29. The Labute approximate surface area is 210 Å². The van der Waals surface area contributed by atoms with Crippen LogP contribution in [0.4, 0.5) is 4.39 Å². The first-order valence-electron chi connectivity index (χ1n) is 12.2. The summed E-state index contributed by atoms with van der Waals surface area (Å²) in [5.41, 5.74) is 3.70. The molecule has 3 heterocycles. The summed E-state index contributed by atoms with van der Waals surface area (Å²) in [5.74, 6) is 0.127. The highest BCUT2D eigenvalue weighted by molar-refractivity contribution is 7.08. The second-order valence-electron chi connectivity index (χ2n) is 9.39. The number of nitrogens with zero attached hydrogens (tertiary/aromatic N) is 3. The second-order valence-corrected chi connectivity index (χ2v) is 10.2. The Morgan fingerprint density at radius 3 is 2.66 bits per heavy atom. The zero-order chi connectivity index (χ0) is 24.2. The van der Waals surface area contributed by atoms with Gasteiger partial charge in [0.15, 0.2) is 0 Å². The summed E-state index contributed by atoms with van der Waals surface area (Å²) in [6, 6.07) is 19.2. The summed E-state index contributed by atoms with van der Waals surface area (Å²) in [6.45, 7) is 2.79. The molecule has 180 valence electrons. The van der Waals surface area contributed by atoms with E-state index in [9.17, 15) is 9.18 Å². The fourth-order valence-corrected chi connectivity index (χ4v) is 5.92. The highest BCUT2D eigenvalue weighted by Gasteiger charge is 2.32. The maximum atomic E-state index is 14.6. The summed E-state index contributed by atoms with van der Waals surface area (Å²) >= 11 is 1.52. The van der Waals surface area contributed by atoms with Gasteiger partial charge in [-0.1, -0.05) is 36.4 Å². The Hall–Kier alpha value is -3.09. The number of thiophene rings is 1. The molecular weight excluding hydrogens is 457 g/mol. The van der Waals surface area contributed by atoms with Crippen LogP contribution in [0.2, 0.25) is 0 Å². The van der Waals surface area contributed by atoms with E-state index in [-0.39, 0.29) is 17.8 Å². The van der Waals surface area contributed by atoms with Crippen LogP contribution >= 0.6 is 11.3 Å². The third-order valence-corrected chi connectivity index (χ3v) is 7.96. The number of pyridine rings is 1. The summed E-state index contributed by atoms with van der Waals surface area (Å²) in [6.07, 6.45) is 4.31. The van der Waals surface area contributed by atoms with Crippen molar-refractivity contribution in [2.45, 2.75) is 31.8 Å². The largest absolute Gasteiger partial charge is 0.338 e. The lowest BCUT2D eigenvalue weighted by Crippen LogP contribution is -2.47. The lowest BCUT2D eigenvalue weighted by Gasteiger charge is -2.40. The quantitative estimate of drug-likeness (QED) is 0.319. The van der Waals surface area contributed by atoms with Gasteiger partial charge in [-0.25, -0.2) is 4.39 Å². The number of aromatic nitrogens is 1. The minimum Gasteiger partial charge on any atom is -0.338 e. The molecule has 1 atom stereocenters. The third kappa shape index (κ3) is 5.29. The molecule has 1 aliphatic rings. The van der Waals surface area contributed by atoms with Gasteiger partial charge in [-0.3, -0.25) is 14.7 Å². The molecule has 2 aromatic carbocycles. The van der Waals surface area contributed by atoms with Crippen LogP contribution in [0.25, 0.3) is 10.9 Å². The van der Waals surface area contributed by atoms with Gasteiger partial charge in [0, 0.05) is 36.6 Å². The molecule has 1 amide bonds. The van der Waals surface area contributed by atoms with Crippen molar-refractivity contribution in [2.24, 2.45) is 5.92 Å². The number of fused-ring (bicyclic) bond motifs is 1. The van der Waals surface area contributed by atoms with Crippen molar-refractivity contribution >= 4 is 28.1 Å². The minimum absolute atomic E-state index is 0.0123. The number of halogens is 1. The van der Waals surface area contributed by atoms with E-state index in [0.717, 1.165) is 38.0 Å². The van der Waals surface area contributed by atoms with Crippen molar-refractivity contribution < 1.29 is 9.18 Å². The van der Waals surface area contributed by atoms with E-state index in [1.165, 1.54) is 28.4 Å². The molecule has 0 aliphatic carbocycles. The SMILES string of the molecule is CN(C(=O)c1ccsc1)[C@H](Cc1ccccc1F)C1CCN(Cc2cccc3ncccc23)CC1. The number of benzene rings is 2. The molecule has 0 spiro atoms. The Kier molecular flexibility index (Phi) is 7.21. The number of carbonyl (C=O) groups is 1. The van der Waals surface area contributed by atoms with E-state index in [0.29, 0.717) is 23.5 Å². The van der Waals surface area contributed by atoms with Gasteiger partial charge in [0.2, 0.25) is 0 Å². The lowest BCUT2D eigenvalue weighted by atomic mass is 9.84. The first-order valence-corrected chi connectivity index (χ1v) is 13.1. The normalized spacial score (nSPS) is 15.8. The maximum Gasteiger partial charge on any atom is 0.254 e. The molecule has 5 rings (SSSR count). The topological polar surface area (TPSA) is 36.4 Å². The van der Waals surface area contributed by atoms with Crippen LogP contribution in [-0.4, -0.2) is 46.9 Å². The first-order chi connectivity index (χ1) is 17.1. The maximum absolute atomic E-state index is 14.6. The predicted molar refractivity (Wildman–Crippen MR) is 140 cm³/mol. The van der Waals surface area contributed by atoms with E-state index in [2.05, 4.69) is 34.1 Å². The molecule has 0 unspecified atom stereocenters. The van der Waals surface area contributed by atoms with Gasteiger partial charge in [0.05, 0.1) is 11.1 Å². The van der Waals surface area contributed by atoms with Crippen molar-refractivity contribution in [1.29, 1.82) is 0 Å². The molecule has 0 radical (unpaired) electrons. The number of piperidine rings is 1. The molecule has 1 saturated heterocycles. The molecule has 0 N–H and O–H groups in total. The summed E-state index contributed by atoms with van der Waals surface area (Å²) in [5, 5.41) is 5.02. The van der Waals surface area contributed by atoms with Gasteiger partial charge in [0.1, 0.15) is 5.82 Å². The van der Waals surface area contributed by atoms with Crippen LogP contribution in [0.5, 0.6) is 0 Å². The van der Waals surface area contributed by atoms with E-state index in [4.69, 9.17) is 0 Å². The number of carbonyl (C=O) groups excluding carboxylic acids is 1. The molecular formula is C29H30FN3OS. The molecule has 4 nitrogen and oxygen atoms in total. The van der Waals surface area contributed by atoms with Crippen LogP contribution in [0.3, 0.4) is 0 Å². The predicted octanol–water partition coefficient (Wildman–Crippen LogP) is 6.03. The fraction of sp³-hybridized carbons (Fsp3) is 0.310. The molecule has 0 saturated carbocycles. The molecule has 0 bridgehead atoms. The number of hydrogen-bond acceptors (Lipinski definition) is 4. The van der Waals surface area contributed by atoms with Crippen LogP contribution in [0.1, 0.15) is 34.3 Å². The number of amides is 1. The van der Waals surface area contributed by atoms with Crippen LogP contribution in [0.15, 0.2) is 77.6 Å². The third-order valence-electron chi connectivity index (χ3n) is 7.28. The zero-order valence-corrected chi connectivity index (χ0v) is 20.8. The highest BCUT2D eigenvalue weighted by Crippen LogP contribution is 2.29. The minimum atomic E-state index is -0.198. The van der Waals surface area contributed by atoms with E-state index >= 15 is 0 Å². The average molecular weight is 488 g/mol. The number of likely N-dealkylation sites (tertiary alicyclic amines) is 1. The van der Waals surface area contributed by atoms with Crippen LogP contribution in [0, 0.1) is 11.7 Å². The number of hydrogen-bond donors (Lipinski definition) is 0. The summed E-state index contributed by atoms with van der Waals surface area (Å²) < 4.78 is 14.6. The lowest BCUT2D eigenvalue weighted by molar-refractivity contribution is 0.0584. The Morgan fingerprint density at radius 1 is 1.09 bits per heavy atom. The van der Waals surface area contributed by atoms with Crippen molar-refractivity contribution in [3.8, 4) is 0 Å². The molecule has 4 aromatic rings. The highest BCUT2D eigenvalue weighted by atomic mass is 32.1. The van der Waals surface area contributed by atoms with Gasteiger partial charge in [-0.2, -0.15) is 11.3 Å². The van der Waals surface area contributed by atoms with Crippen molar-refractivity contribution in [1.82, 2.24) is 14.8 Å². The number of rotatable bonds is 7. The second kappa shape index (κ2) is 10.7. The molecule has 1 fully saturated rings. The first kappa shape index (κ1) is 23.6. The Balaban J connectivity index is 1.31. The average Bonchev–Trinajstić information content (AvgIpc) is 3.43. The molecule has 6 heteroatoms. The van der Waals surface area contributed by atoms with E-state index in [1.54, 1.807) is 6.07 Å². The van der Waals surface area contributed by atoms with Crippen molar-refractivity contribution in [3.05, 3.63) is 100 Å². The summed E-state index contributed by atoms with van der Waals surface area (Å²) in [4.78, 5) is 22.0. The van der Waals surface area contributed by atoms with Gasteiger partial charge in [-0.15, -0.1) is 0 Å². The van der Waals surface area contributed by atoms with Gasteiger partial charge in [-0.05, 0) is 79.0 Å². The smallest absolute Gasteiger partial charge is 0.254 e. The molecule has 1 aliphatic heterocycles. The molecule has 35 heavy (non-hydrogen) atoms. The Morgan fingerprint density at radius 2 is 1.89 bits per heavy atom. The van der Waals surface area contributed by atoms with Gasteiger partial charge < -0.3 is 4.90 Å². The van der Waals surface area contributed by atoms with Crippen LogP contribution < -0.4 is 0 Å². The monoisotopic (exact) mass is 487 g/mol. The van der Waals surface area contributed by atoms with E-state index in [1.807, 2.05) is 53.2 Å². The van der Waals surface area contributed by atoms with Crippen molar-refractivity contribution in [3.63, 3.8) is 0 Å². The number of likely N-dealkylation sites (N-methyl/N-ethyl adjacent to an activating group) is 1. The molecule has 2 aromatic heterocycles. The van der Waals surface area contributed by atoms with Crippen molar-refractivity contribution in [2.75, 3.05) is 20.1 Å². The van der Waals surface area contributed by atoms with Gasteiger partial charge >= 0.3 is 0 Å². The van der Waals surface area contributed by atoms with Crippen LogP contribution in [-0.2, 0) is 13.0 Å². The van der Waals surface area contributed by atoms with Gasteiger partial charge in [0.25, 0.3) is 5.91 Å². The summed E-state index contributed by atoms with van der Waals surface area (Å²) in [7, 11) is 1.88. The van der Waals surface area contributed by atoms with E-state index < -0.39 is 0 Å².